The van der Waals surface area contributed by atoms with Gasteiger partial charge < -0.3 is 0 Å². The number of hydrogen-bond donors (Lipinski definition) is 2. The van der Waals surface area contributed by atoms with Crippen LogP contribution in [0.15, 0.2) is 0 Å². The Morgan fingerprint density at radius 2 is 2.00 bits per heavy atom. The smallest absolute Gasteiger partial charge is 0.235 e. The summed E-state index contributed by atoms with van der Waals surface area (Å²) in [6.45, 7) is 0. The van der Waals surface area contributed by atoms with Crippen LogP contribution in [0.5, 0.6) is 0 Å². The molecule has 0 saturated heterocycles. The molecule has 2 N–H and O–H groups in total. The van der Waals surface area contributed by atoms with Crippen molar-refractivity contribution in [2.75, 3.05) is 0 Å². The van der Waals surface area contributed by atoms with Gasteiger partial charge in [-0.2, -0.15) is 9.35 Å². The van der Waals surface area contributed by atoms with E-state index in [1.165, 1.54) is 0 Å². The maximum Gasteiger partial charge on any atom is 0.235 e. The topological polar surface area (TPSA) is 68.2 Å². The third kappa shape index (κ3) is 4.23. The minimum absolute atomic E-state index is 0.702. The van der Waals surface area contributed by atoms with Gasteiger partial charge in [-0.1, -0.05) is 5.04 Å². The lowest BCUT2D eigenvalue weighted by atomic mass is 14.6. The van der Waals surface area contributed by atoms with E-state index in [0.717, 1.165) is 0 Å². The van der Waals surface area contributed by atoms with Crippen LogP contribution in [0.1, 0.15) is 0 Å². The summed E-state index contributed by atoms with van der Waals surface area (Å²) < 4.78 is 6.90. The SMILES string of the molecule is OOOPOO. The standard InChI is InChI=1S/H3O5P/c1-3-5-6-4-2/h1-2,6H. The average molecular weight is 114 g/mol. The first-order valence-corrected chi connectivity index (χ1v) is 1.76. The van der Waals surface area contributed by atoms with Crippen LogP contribution in [0.4, 0.5) is 0 Å². The lowest BCUT2D eigenvalue weighted by Gasteiger charge is -1.86. The Hall–Kier alpha value is 0.230. The van der Waals surface area contributed by atoms with Crippen LogP contribution in [0.3, 0.4) is 0 Å². The zero-order chi connectivity index (χ0) is 4.83. The summed E-state index contributed by atoms with van der Waals surface area (Å²) in [4.78, 5) is 0. The maximum atomic E-state index is 7.39. The molecule has 1 unspecified atom stereocenters. The van der Waals surface area contributed by atoms with Crippen molar-refractivity contribution in [3.8, 4) is 0 Å². The molecule has 0 radical (unpaired) electrons. The van der Waals surface area contributed by atoms with Crippen LogP contribution in [-0.2, 0) is 14.4 Å². The van der Waals surface area contributed by atoms with E-state index in [4.69, 9.17) is 10.5 Å². The molecule has 0 amide bonds. The van der Waals surface area contributed by atoms with Gasteiger partial charge in [-0.05, 0) is 0 Å². The first-order chi connectivity index (χ1) is 2.91. The zero-order valence-corrected chi connectivity index (χ0v) is 3.62. The van der Waals surface area contributed by atoms with Crippen molar-refractivity contribution >= 4 is 9.03 Å². The van der Waals surface area contributed by atoms with E-state index in [9.17, 15) is 0 Å². The normalized spacial score (nSPS) is 11.0. The van der Waals surface area contributed by atoms with Gasteiger partial charge in [-0.25, -0.2) is 10.5 Å². The molecule has 6 heavy (non-hydrogen) atoms. The highest BCUT2D eigenvalue weighted by molar-refractivity contribution is 7.25. The summed E-state index contributed by atoms with van der Waals surface area (Å²) in [5.74, 6) is 0. The van der Waals surface area contributed by atoms with Crippen LogP contribution < -0.4 is 0 Å². The van der Waals surface area contributed by atoms with Crippen molar-refractivity contribution in [2.45, 2.75) is 0 Å². The Labute approximate surface area is 35.2 Å². The van der Waals surface area contributed by atoms with Gasteiger partial charge in [-0.15, -0.1) is 0 Å². The van der Waals surface area contributed by atoms with Gasteiger partial charge in [0, 0.05) is 0 Å². The lowest BCUT2D eigenvalue weighted by Crippen LogP contribution is -1.73. The Kier molecular flexibility index (Phi) is 5.43. The van der Waals surface area contributed by atoms with Gasteiger partial charge >= 0.3 is 0 Å². The Morgan fingerprint density at radius 3 is 2.17 bits per heavy atom. The van der Waals surface area contributed by atoms with Crippen molar-refractivity contribution in [1.29, 1.82) is 0 Å². The van der Waals surface area contributed by atoms with Gasteiger partial charge in [0.25, 0.3) is 0 Å². The molecular formula is H3O5P. The van der Waals surface area contributed by atoms with Gasteiger partial charge in [0.1, 0.15) is 0 Å². The van der Waals surface area contributed by atoms with Gasteiger partial charge in [0.05, 0.1) is 0 Å². The summed E-state index contributed by atoms with van der Waals surface area (Å²) in [6.07, 6.45) is 0. The molecule has 38 valence electrons. The Morgan fingerprint density at radius 1 is 1.33 bits per heavy atom. The van der Waals surface area contributed by atoms with E-state index in [1.54, 1.807) is 0 Å². The van der Waals surface area contributed by atoms with E-state index in [1.807, 2.05) is 0 Å². The molecule has 0 aromatic heterocycles. The fourth-order valence-corrected chi connectivity index (χ4v) is 0.0913. The Balaban J connectivity index is 2.34. The highest BCUT2D eigenvalue weighted by atomic mass is 31.1. The molecule has 0 spiro atoms. The first kappa shape index (κ1) is 6.23. The molecule has 5 nitrogen and oxygen atoms in total. The van der Waals surface area contributed by atoms with Crippen LogP contribution in [0.25, 0.3) is 0 Å². The maximum absolute atomic E-state index is 7.39. The molecular weight excluding hydrogens is 111 g/mol. The number of hydrogen-bond acceptors (Lipinski definition) is 5. The second-order valence-electron chi connectivity index (χ2n) is 0.332. The molecule has 0 aliphatic rings. The minimum Gasteiger partial charge on any atom is -0.246 e. The third-order valence-corrected chi connectivity index (χ3v) is 0.326. The fourth-order valence-electron chi connectivity index (χ4n) is 0.0304. The molecule has 0 fully saturated rings. The largest absolute Gasteiger partial charge is 0.246 e. The monoisotopic (exact) mass is 114 g/mol. The van der Waals surface area contributed by atoms with E-state index in [2.05, 4.69) is 14.4 Å². The summed E-state index contributed by atoms with van der Waals surface area (Å²) in [5, 5.41) is 17.7. The van der Waals surface area contributed by atoms with Gasteiger partial charge in [-0.3, -0.25) is 0 Å². The van der Waals surface area contributed by atoms with Crippen LogP contribution >= 0.6 is 9.03 Å². The molecule has 0 rings (SSSR count). The molecule has 0 heterocycles. The number of rotatable bonds is 3. The minimum atomic E-state index is -0.702. The zero-order valence-electron chi connectivity index (χ0n) is 2.62. The third-order valence-electron chi connectivity index (χ3n) is 0.109. The second kappa shape index (κ2) is 5.23. The first-order valence-electron chi connectivity index (χ1n) is 0.940. The predicted octanol–water partition coefficient (Wildman–Crippen LogP) is 0.406. The van der Waals surface area contributed by atoms with E-state index >= 15 is 0 Å². The fraction of sp³-hybridized carbons (Fsp3) is 0. The van der Waals surface area contributed by atoms with E-state index in [0.29, 0.717) is 0 Å². The lowest BCUT2D eigenvalue weighted by molar-refractivity contribution is -0.441. The van der Waals surface area contributed by atoms with E-state index in [-0.39, 0.29) is 0 Å². The van der Waals surface area contributed by atoms with Crippen molar-refractivity contribution in [1.82, 2.24) is 0 Å². The highest BCUT2D eigenvalue weighted by Crippen LogP contribution is 2.08. The van der Waals surface area contributed by atoms with E-state index < -0.39 is 9.03 Å². The molecule has 0 aromatic carbocycles. The van der Waals surface area contributed by atoms with Crippen molar-refractivity contribution < 1.29 is 24.9 Å². The van der Waals surface area contributed by atoms with Crippen LogP contribution in [-0.4, -0.2) is 10.5 Å². The van der Waals surface area contributed by atoms with Gasteiger partial charge in [0.2, 0.25) is 9.03 Å². The van der Waals surface area contributed by atoms with Crippen molar-refractivity contribution in [3.63, 3.8) is 0 Å². The summed E-state index contributed by atoms with van der Waals surface area (Å²) in [7, 11) is -0.702. The Bertz CT molecular complexity index is 15.9. The average Bonchev–Trinajstić information content (AvgIpc) is 1.61. The molecule has 0 aliphatic heterocycles. The van der Waals surface area contributed by atoms with Gasteiger partial charge in [0.15, 0.2) is 0 Å². The quantitative estimate of drug-likeness (QED) is 0.240. The molecule has 6 heteroatoms. The summed E-state index contributed by atoms with van der Waals surface area (Å²) in [5.41, 5.74) is 0. The molecule has 0 aromatic rings. The highest BCUT2D eigenvalue weighted by Gasteiger charge is 1.77. The molecule has 0 saturated carbocycles. The molecule has 1 atom stereocenters. The van der Waals surface area contributed by atoms with Crippen LogP contribution in [0.2, 0.25) is 0 Å². The summed E-state index contributed by atoms with van der Waals surface area (Å²) in [6, 6.07) is 0. The van der Waals surface area contributed by atoms with Crippen molar-refractivity contribution in [3.05, 3.63) is 0 Å². The van der Waals surface area contributed by atoms with Crippen molar-refractivity contribution in [2.24, 2.45) is 0 Å². The predicted molar refractivity (Wildman–Crippen MR) is 16.8 cm³/mol. The second-order valence-corrected chi connectivity index (χ2v) is 0.848. The molecule has 0 bridgehead atoms. The summed E-state index contributed by atoms with van der Waals surface area (Å²) >= 11 is 0. The molecule has 0 aliphatic carbocycles. The van der Waals surface area contributed by atoms with Crippen LogP contribution in [0, 0.1) is 0 Å².